The number of unbranched alkanes of at least 4 members (excludes halogenated alkanes) is 16. The van der Waals surface area contributed by atoms with Gasteiger partial charge in [-0.3, -0.25) is 9.59 Å². The monoisotopic (exact) mass is 932 g/mol. The number of benzene rings is 1. The van der Waals surface area contributed by atoms with E-state index in [1.54, 1.807) is 22.7 Å². The van der Waals surface area contributed by atoms with Gasteiger partial charge in [0.05, 0.1) is 22.5 Å². The Balaban J connectivity index is 1.85. The van der Waals surface area contributed by atoms with Crippen LogP contribution in [-0.4, -0.2) is 24.9 Å². The molecule has 0 saturated heterocycles. The van der Waals surface area contributed by atoms with Crippen molar-refractivity contribution in [1.82, 2.24) is 0 Å². The molecular formula is C48H74Br2N2O2S2. The number of amides is 2. The highest BCUT2D eigenvalue weighted by atomic mass is 79.9. The number of carbonyl (C=O) groups excluding carboxylic acids is 2. The van der Waals surface area contributed by atoms with E-state index in [-0.39, 0.29) is 11.8 Å². The molecule has 0 bridgehead atoms. The Hall–Kier alpha value is -1.48. The van der Waals surface area contributed by atoms with Crippen molar-refractivity contribution < 1.29 is 9.59 Å². The maximum Gasteiger partial charge on any atom is 0.259 e. The average Bonchev–Trinajstić information content (AvgIpc) is 3.94. The molecule has 0 aliphatic carbocycles. The summed E-state index contributed by atoms with van der Waals surface area (Å²) >= 11 is 10.9. The van der Waals surface area contributed by atoms with Crippen LogP contribution in [0.2, 0.25) is 0 Å². The van der Waals surface area contributed by atoms with E-state index in [1.807, 2.05) is 21.9 Å². The van der Waals surface area contributed by atoms with E-state index in [9.17, 15) is 9.59 Å². The lowest BCUT2D eigenvalue weighted by Gasteiger charge is -2.29. The zero-order valence-electron chi connectivity index (χ0n) is 35.4. The first kappa shape index (κ1) is 48.9. The second-order valence-electron chi connectivity index (χ2n) is 16.2. The maximum atomic E-state index is 14.6. The van der Waals surface area contributed by atoms with Crippen molar-refractivity contribution in [3.05, 3.63) is 65.9 Å². The van der Waals surface area contributed by atoms with Gasteiger partial charge in [0.25, 0.3) is 11.8 Å². The molecule has 2 heterocycles. The van der Waals surface area contributed by atoms with E-state index >= 15 is 0 Å². The second-order valence-corrected chi connectivity index (χ2v) is 19.4. The van der Waals surface area contributed by atoms with Crippen LogP contribution in [0.25, 0.3) is 0 Å². The van der Waals surface area contributed by atoms with Crippen LogP contribution in [0.15, 0.2) is 54.7 Å². The van der Waals surface area contributed by atoms with Gasteiger partial charge in [-0.15, -0.1) is 0 Å². The van der Waals surface area contributed by atoms with Gasteiger partial charge < -0.3 is 9.80 Å². The molecule has 0 fully saturated rings. The van der Waals surface area contributed by atoms with Crippen molar-refractivity contribution in [3.8, 4) is 0 Å². The van der Waals surface area contributed by atoms with E-state index < -0.39 is 0 Å². The van der Waals surface area contributed by atoms with Gasteiger partial charge in [-0.2, -0.15) is 22.7 Å². The summed E-state index contributed by atoms with van der Waals surface area (Å²) < 4.78 is 1.33. The number of halogens is 2. The number of nitrogens with zero attached hydrogens (tertiary/aromatic N) is 2. The standard InChI is InChI=1S/C48H74Br2N2O2S2/c1-5-9-13-17-19-23-27-39(25-21-15-11-7-3)35-51(41-29-31-55-37-41)47(53)43-33-46(50)44(34-45(43)49)48(54)52(42-30-32-56-38-42)36-40(26-22-16-12-8-4)28-24-20-18-14-10-6-2/h29-34,37-40H,5-28,35-36H2,1-4H3. The molecule has 2 unspecified atom stereocenters. The predicted molar refractivity (Wildman–Crippen MR) is 254 cm³/mol. The van der Waals surface area contributed by atoms with Crippen LogP contribution in [-0.2, 0) is 0 Å². The fourth-order valence-corrected chi connectivity index (χ4v) is 10.2. The zero-order valence-corrected chi connectivity index (χ0v) is 40.2. The molecule has 2 aromatic heterocycles. The van der Waals surface area contributed by atoms with E-state index in [0.717, 1.165) is 37.1 Å². The fourth-order valence-electron chi connectivity index (χ4n) is 7.91. The van der Waals surface area contributed by atoms with Crippen molar-refractivity contribution in [2.45, 2.75) is 182 Å². The van der Waals surface area contributed by atoms with Crippen molar-refractivity contribution in [1.29, 1.82) is 0 Å². The van der Waals surface area contributed by atoms with Crippen molar-refractivity contribution >= 4 is 77.7 Å². The lowest BCUT2D eigenvalue weighted by atomic mass is 9.93. The summed E-state index contributed by atoms with van der Waals surface area (Å²) in [5, 5.41) is 8.32. The zero-order chi connectivity index (χ0) is 40.4. The van der Waals surface area contributed by atoms with Crippen molar-refractivity contribution in [3.63, 3.8) is 0 Å². The Kier molecular flexibility index (Phi) is 25.9. The number of hydrogen-bond acceptors (Lipinski definition) is 4. The predicted octanol–water partition coefficient (Wildman–Crippen LogP) is 17.3. The maximum absolute atomic E-state index is 14.6. The Morgan fingerprint density at radius 2 is 0.804 bits per heavy atom. The highest BCUT2D eigenvalue weighted by molar-refractivity contribution is 9.11. The van der Waals surface area contributed by atoms with Crippen LogP contribution in [0, 0.1) is 11.8 Å². The minimum atomic E-state index is -0.0164. The molecule has 56 heavy (non-hydrogen) atoms. The molecule has 8 heteroatoms. The van der Waals surface area contributed by atoms with E-state index in [2.05, 4.69) is 93.2 Å². The van der Waals surface area contributed by atoms with Crippen LogP contribution in [0.3, 0.4) is 0 Å². The van der Waals surface area contributed by atoms with Gasteiger partial charge >= 0.3 is 0 Å². The molecule has 2 atom stereocenters. The summed E-state index contributed by atoms with van der Waals surface area (Å²) in [7, 11) is 0. The summed E-state index contributed by atoms with van der Waals surface area (Å²) in [4.78, 5) is 33.3. The smallest absolute Gasteiger partial charge is 0.259 e. The summed E-state index contributed by atoms with van der Waals surface area (Å²) in [6, 6.07) is 7.91. The first-order chi connectivity index (χ1) is 27.3. The number of rotatable bonds is 32. The third kappa shape index (κ3) is 17.8. The molecule has 0 spiro atoms. The molecule has 0 radical (unpaired) electrons. The SMILES string of the molecule is CCCCCCCCC(CCCCCC)CN(C(=O)c1cc(Br)c(C(=O)N(CC(CCCCCC)CCCCCCCC)c2ccsc2)cc1Br)c1ccsc1. The number of carbonyl (C=O) groups is 2. The van der Waals surface area contributed by atoms with Gasteiger partial charge in [0, 0.05) is 32.8 Å². The van der Waals surface area contributed by atoms with Crippen LogP contribution >= 0.6 is 54.5 Å². The normalized spacial score (nSPS) is 12.5. The van der Waals surface area contributed by atoms with E-state index in [4.69, 9.17) is 0 Å². The minimum Gasteiger partial charge on any atom is -0.307 e. The molecule has 4 nitrogen and oxygen atoms in total. The largest absolute Gasteiger partial charge is 0.307 e. The summed E-state index contributed by atoms with van der Waals surface area (Å²) in [6.45, 7) is 10.5. The molecule has 0 aliphatic rings. The third-order valence-corrected chi connectivity index (χ3v) is 14.0. The van der Waals surface area contributed by atoms with Crippen LogP contribution in [0.4, 0.5) is 11.4 Å². The molecular weight excluding hydrogens is 860 g/mol. The molecule has 0 saturated carbocycles. The van der Waals surface area contributed by atoms with Crippen molar-refractivity contribution in [2.24, 2.45) is 11.8 Å². The minimum absolute atomic E-state index is 0.0164. The lowest BCUT2D eigenvalue weighted by Crippen LogP contribution is -2.37. The van der Waals surface area contributed by atoms with Crippen LogP contribution < -0.4 is 9.80 Å². The van der Waals surface area contributed by atoms with Gasteiger partial charge in [-0.1, -0.05) is 156 Å². The first-order valence-corrected chi connectivity index (χ1v) is 26.0. The van der Waals surface area contributed by atoms with Gasteiger partial charge in [-0.05, 0) is 104 Å². The van der Waals surface area contributed by atoms with Gasteiger partial charge in [-0.25, -0.2) is 0 Å². The highest BCUT2D eigenvalue weighted by Gasteiger charge is 2.28. The van der Waals surface area contributed by atoms with Gasteiger partial charge in [0.1, 0.15) is 0 Å². The lowest BCUT2D eigenvalue weighted by molar-refractivity contribution is 0.0969. The van der Waals surface area contributed by atoms with Crippen LogP contribution in [0.5, 0.6) is 0 Å². The molecule has 2 amide bonds. The molecule has 3 aromatic rings. The third-order valence-electron chi connectivity index (χ3n) is 11.4. The fraction of sp³-hybridized carbons (Fsp3) is 0.667. The molecule has 0 aliphatic heterocycles. The molecule has 314 valence electrons. The highest BCUT2D eigenvalue weighted by Crippen LogP contribution is 2.34. The molecule has 1 aromatic carbocycles. The van der Waals surface area contributed by atoms with Gasteiger partial charge in [0.2, 0.25) is 0 Å². The van der Waals surface area contributed by atoms with Crippen molar-refractivity contribution in [2.75, 3.05) is 22.9 Å². The average molecular weight is 935 g/mol. The first-order valence-electron chi connectivity index (χ1n) is 22.5. The van der Waals surface area contributed by atoms with E-state index in [0.29, 0.717) is 45.0 Å². The van der Waals surface area contributed by atoms with E-state index in [1.165, 1.54) is 128 Å². The molecule has 3 rings (SSSR count). The second kappa shape index (κ2) is 29.7. The summed E-state index contributed by atoms with van der Waals surface area (Å²) in [5.74, 6) is 0.875. The van der Waals surface area contributed by atoms with Gasteiger partial charge in [0.15, 0.2) is 0 Å². The summed E-state index contributed by atoms with van der Waals surface area (Å²) in [5.41, 5.74) is 3.10. The van der Waals surface area contributed by atoms with Crippen LogP contribution in [0.1, 0.15) is 203 Å². The Bertz CT molecular complexity index is 1350. The Morgan fingerprint density at radius 3 is 1.11 bits per heavy atom. The summed E-state index contributed by atoms with van der Waals surface area (Å²) in [6.07, 6.45) is 30.0. The Morgan fingerprint density at radius 1 is 0.500 bits per heavy atom. The quantitative estimate of drug-likeness (QED) is 0.0585. The number of hydrogen-bond donors (Lipinski definition) is 0. The number of thiophene rings is 2. The molecule has 0 N–H and O–H groups in total. The topological polar surface area (TPSA) is 40.6 Å². The Labute approximate surface area is 367 Å². The number of anilines is 2.